The molecule has 0 amide bonds. The predicted octanol–water partition coefficient (Wildman–Crippen LogP) is 2.02. The van der Waals surface area contributed by atoms with Crippen molar-refractivity contribution in [3.05, 3.63) is 28.6 Å². The van der Waals surface area contributed by atoms with Gasteiger partial charge in [0.2, 0.25) is 11.7 Å². The second-order valence-electron chi connectivity index (χ2n) is 4.28. The van der Waals surface area contributed by atoms with Crippen LogP contribution in [0, 0.1) is 0 Å². The summed E-state index contributed by atoms with van der Waals surface area (Å²) in [7, 11) is 3.22. The van der Waals surface area contributed by atoms with Crippen molar-refractivity contribution in [1.29, 1.82) is 0 Å². The Balaban J connectivity index is 2.14. The van der Waals surface area contributed by atoms with E-state index in [0.29, 0.717) is 24.7 Å². The van der Waals surface area contributed by atoms with Gasteiger partial charge in [0.05, 0.1) is 18.2 Å². The van der Waals surface area contributed by atoms with Gasteiger partial charge in [-0.05, 0) is 34.1 Å². The molecule has 1 atom stereocenters. The summed E-state index contributed by atoms with van der Waals surface area (Å²) < 4.78 is 16.2. The van der Waals surface area contributed by atoms with E-state index >= 15 is 0 Å². The monoisotopic (exact) mass is 341 g/mol. The molecule has 1 aromatic heterocycles. The molecular formula is C13H16BrN3O3. The molecule has 0 saturated heterocycles. The lowest BCUT2D eigenvalue weighted by Gasteiger charge is -2.05. The summed E-state index contributed by atoms with van der Waals surface area (Å²) in [6.45, 7) is 0.450. The fourth-order valence-electron chi connectivity index (χ4n) is 1.76. The van der Waals surface area contributed by atoms with E-state index in [9.17, 15) is 0 Å². The molecule has 2 rings (SSSR count). The summed E-state index contributed by atoms with van der Waals surface area (Å²) in [6.07, 6.45) is 0.484. The van der Waals surface area contributed by atoms with Crippen LogP contribution < -0.4 is 10.5 Å². The first kappa shape index (κ1) is 15.0. The van der Waals surface area contributed by atoms with Gasteiger partial charge < -0.3 is 19.7 Å². The fourth-order valence-corrected chi connectivity index (χ4v) is 2.30. The van der Waals surface area contributed by atoms with Crippen molar-refractivity contribution in [2.45, 2.75) is 12.5 Å². The Morgan fingerprint density at radius 3 is 2.85 bits per heavy atom. The predicted molar refractivity (Wildman–Crippen MR) is 77.5 cm³/mol. The first-order valence-corrected chi connectivity index (χ1v) is 6.84. The molecule has 20 heavy (non-hydrogen) atoms. The number of nitrogens with two attached hydrogens (primary N) is 1. The van der Waals surface area contributed by atoms with Crippen molar-refractivity contribution in [1.82, 2.24) is 10.1 Å². The highest BCUT2D eigenvalue weighted by molar-refractivity contribution is 9.10. The van der Waals surface area contributed by atoms with Gasteiger partial charge in [-0.2, -0.15) is 4.98 Å². The molecule has 0 radical (unpaired) electrons. The molecule has 1 heterocycles. The van der Waals surface area contributed by atoms with E-state index in [2.05, 4.69) is 26.1 Å². The lowest BCUT2D eigenvalue weighted by molar-refractivity contribution is 0.176. The molecule has 1 aromatic carbocycles. The molecule has 2 aromatic rings. The second-order valence-corrected chi connectivity index (χ2v) is 5.13. The van der Waals surface area contributed by atoms with Crippen molar-refractivity contribution < 1.29 is 14.0 Å². The SMILES string of the molecule is COCC(N)Cc1nc(-c2ccc(OC)c(Br)c2)no1. The Hall–Kier alpha value is -1.44. The maximum Gasteiger partial charge on any atom is 0.228 e. The van der Waals surface area contributed by atoms with Gasteiger partial charge in [-0.25, -0.2) is 0 Å². The third-order valence-corrected chi connectivity index (χ3v) is 3.32. The average Bonchev–Trinajstić information content (AvgIpc) is 2.87. The molecule has 108 valence electrons. The molecule has 0 saturated carbocycles. The number of benzene rings is 1. The zero-order chi connectivity index (χ0) is 14.5. The Morgan fingerprint density at radius 2 is 2.20 bits per heavy atom. The fraction of sp³-hybridized carbons (Fsp3) is 0.385. The van der Waals surface area contributed by atoms with E-state index in [-0.39, 0.29) is 6.04 Å². The normalized spacial score (nSPS) is 12.4. The van der Waals surface area contributed by atoms with Crippen molar-refractivity contribution >= 4 is 15.9 Å². The van der Waals surface area contributed by atoms with Gasteiger partial charge in [-0.1, -0.05) is 5.16 Å². The Kier molecular flexibility index (Phi) is 5.11. The molecule has 0 aliphatic heterocycles. The van der Waals surface area contributed by atoms with Crippen LogP contribution in [0.4, 0.5) is 0 Å². The standard InChI is InChI=1S/C13H16BrN3O3/c1-18-7-9(15)6-12-16-13(17-20-12)8-3-4-11(19-2)10(14)5-8/h3-5,9H,6-7,15H2,1-2H3. The lowest BCUT2D eigenvalue weighted by Crippen LogP contribution is -2.28. The molecule has 0 fully saturated rings. The average molecular weight is 342 g/mol. The number of nitrogens with zero attached hydrogens (tertiary/aromatic N) is 2. The number of aromatic nitrogens is 2. The zero-order valence-corrected chi connectivity index (χ0v) is 12.9. The van der Waals surface area contributed by atoms with Crippen LogP contribution >= 0.6 is 15.9 Å². The molecule has 0 aliphatic carbocycles. The summed E-state index contributed by atoms with van der Waals surface area (Å²) in [5.41, 5.74) is 6.69. The Bertz CT molecular complexity index is 574. The minimum absolute atomic E-state index is 0.157. The van der Waals surface area contributed by atoms with Gasteiger partial charge in [0.1, 0.15) is 5.75 Å². The van der Waals surface area contributed by atoms with Gasteiger partial charge in [0.15, 0.2) is 0 Å². The van der Waals surface area contributed by atoms with Gasteiger partial charge >= 0.3 is 0 Å². The number of rotatable bonds is 6. The summed E-state index contributed by atoms with van der Waals surface area (Å²) in [4.78, 5) is 4.32. The minimum Gasteiger partial charge on any atom is -0.496 e. The minimum atomic E-state index is -0.157. The summed E-state index contributed by atoms with van der Waals surface area (Å²) in [6, 6.07) is 5.43. The van der Waals surface area contributed by atoms with Gasteiger partial charge in [0.25, 0.3) is 0 Å². The smallest absolute Gasteiger partial charge is 0.228 e. The molecular weight excluding hydrogens is 326 g/mol. The number of halogens is 1. The van der Waals surface area contributed by atoms with Crippen LogP contribution in [-0.2, 0) is 11.2 Å². The third-order valence-electron chi connectivity index (χ3n) is 2.70. The van der Waals surface area contributed by atoms with E-state index < -0.39 is 0 Å². The number of methoxy groups -OCH3 is 2. The summed E-state index contributed by atoms with van der Waals surface area (Å²) in [5, 5.41) is 3.95. The Labute approximate surface area is 125 Å². The van der Waals surface area contributed by atoms with Gasteiger partial charge in [-0.15, -0.1) is 0 Å². The largest absolute Gasteiger partial charge is 0.496 e. The van der Waals surface area contributed by atoms with Crippen LogP contribution in [0.2, 0.25) is 0 Å². The first-order chi connectivity index (χ1) is 9.63. The van der Waals surface area contributed by atoms with Crippen molar-refractivity contribution in [3.8, 4) is 17.1 Å². The van der Waals surface area contributed by atoms with Crippen LogP contribution in [0.15, 0.2) is 27.2 Å². The molecule has 1 unspecified atom stereocenters. The van der Waals surface area contributed by atoms with Crippen LogP contribution in [0.3, 0.4) is 0 Å². The first-order valence-electron chi connectivity index (χ1n) is 6.05. The molecule has 2 N–H and O–H groups in total. The zero-order valence-electron chi connectivity index (χ0n) is 11.3. The molecule has 0 bridgehead atoms. The topological polar surface area (TPSA) is 83.4 Å². The van der Waals surface area contributed by atoms with E-state index in [1.54, 1.807) is 14.2 Å². The highest BCUT2D eigenvalue weighted by atomic mass is 79.9. The van der Waals surface area contributed by atoms with E-state index in [0.717, 1.165) is 15.8 Å². The van der Waals surface area contributed by atoms with E-state index in [4.69, 9.17) is 19.7 Å². The van der Waals surface area contributed by atoms with Crippen molar-refractivity contribution in [2.24, 2.45) is 5.73 Å². The number of hydrogen-bond acceptors (Lipinski definition) is 6. The lowest BCUT2D eigenvalue weighted by atomic mass is 10.2. The van der Waals surface area contributed by atoms with Crippen LogP contribution in [0.5, 0.6) is 5.75 Å². The molecule has 7 heteroatoms. The summed E-state index contributed by atoms with van der Waals surface area (Å²) in [5.74, 6) is 1.77. The quantitative estimate of drug-likeness (QED) is 0.865. The van der Waals surface area contributed by atoms with E-state index in [1.807, 2.05) is 18.2 Å². The van der Waals surface area contributed by atoms with Crippen molar-refractivity contribution in [2.75, 3.05) is 20.8 Å². The molecule has 0 spiro atoms. The molecule has 0 aliphatic rings. The van der Waals surface area contributed by atoms with Crippen molar-refractivity contribution in [3.63, 3.8) is 0 Å². The maximum absolute atomic E-state index is 5.85. The molecule has 6 nitrogen and oxygen atoms in total. The third kappa shape index (κ3) is 3.56. The highest BCUT2D eigenvalue weighted by Gasteiger charge is 2.13. The van der Waals surface area contributed by atoms with Crippen LogP contribution in [0.1, 0.15) is 5.89 Å². The summed E-state index contributed by atoms with van der Waals surface area (Å²) >= 11 is 3.42. The van der Waals surface area contributed by atoms with Gasteiger partial charge in [0, 0.05) is 25.1 Å². The maximum atomic E-state index is 5.85. The van der Waals surface area contributed by atoms with Crippen LogP contribution in [-0.4, -0.2) is 37.0 Å². The Morgan fingerprint density at radius 1 is 1.40 bits per heavy atom. The van der Waals surface area contributed by atoms with Crippen LogP contribution in [0.25, 0.3) is 11.4 Å². The van der Waals surface area contributed by atoms with E-state index in [1.165, 1.54) is 0 Å². The number of hydrogen-bond donors (Lipinski definition) is 1. The number of ether oxygens (including phenoxy) is 2. The van der Waals surface area contributed by atoms with Gasteiger partial charge in [-0.3, -0.25) is 0 Å². The second kappa shape index (κ2) is 6.83. The highest BCUT2D eigenvalue weighted by Crippen LogP contribution is 2.29.